The fourth-order valence-electron chi connectivity index (χ4n) is 8.82. The molecule has 0 saturated carbocycles. The summed E-state index contributed by atoms with van der Waals surface area (Å²) in [6, 6.07) is 30.6. The first-order valence-electron chi connectivity index (χ1n) is 22.0. The van der Waals surface area contributed by atoms with E-state index >= 15 is 0 Å². The second-order valence-electron chi connectivity index (χ2n) is 16.9. The number of rotatable bonds is 16. The van der Waals surface area contributed by atoms with E-state index in [1.807, 2.05) is 55.4 Å². The molecule has 3 amide bonds. The van der Waals surface area contributed by atoms with Gasteiger partial charge in [-0.2, -0.15) is 0 Å². The van der Waals surface area contributed by atoms with E-state index in [9.17, 15) is 14.4 Å². The topological polar surface area (TPSA) is 148 Å². The number of H-pyrrole nitrogens is 2. The summed E-state index contributed by atoms with van der Waals surface area (Å²) in [7, 11) is 0.133. The molecule has 0 bridgehead atoms. The molecule has 4 N–H and O–H groups in total. The highest BCUT2D eigenvalue weighted by Gasteiger charge is 2.38. The van der Waals surface area contributed by atoms with Crippen molar-refractivity contribution in [1.29, 1.82) is 0 Å². The van der Waals surface area contributed by atoms with Crippen LogP contribution in [-0.2, 0) is 14.3 Å². The number of methoxy groups -OCH3 is 1. The van der Waals surface area contributed by atoms with E-state index in [0.29, 0.717) is 12.4 Å². The van der Waals surface area contributed by atoms with Gasteiger partial charge in [-0.1, -0.05) is 132 Å². The van der Waals surface area contributed by atoms with Gasteiger partial charge in [-0.05, 0) is 70.9 Å². The number of hydrogen-bond donors (Lipinski definition) is 4. The Morgan fingerprint density at radius 2 is 1.47 bits per heavy atom. The van der Waals surface area contributed by atoms with Crippen LogP contribution in [0.15, 0.2) is 103 Å². The van der Waals surface area contributed by atoms with Gasteiger partial charge in [0.15, 0.2) is 0 Å². The van der Waals surface area contributed by atoms with Crippen LogP contribution in [-0.4, -0.2) is 89.2 Å². The van der Waals surface area contributed by atoms with Crippen LogP contribution < -0.4 is 10.6 Å². The third kappa shape index (κ3) is 9.53. The first-order valence-corrected chi connectivity index (χ1v) is 25.1. The summed E-state index contributed by atoms with van der Waals surface area (Å²) in [5, 5.41) is 8.03. The van der Waals surface area contributed by atoms with Crippen LogP contribution in [0.4, 0.5) is 4.79 Å². The van der Waals surface area contributed by atoms with Crippen LogP contribution in [0.2, 0.25) is 19.1 Å². The molecular formula is C49H60N8O4Si. The predicted molar refractivity (Wildman–Crippen MR) is 249 cm³/mol. The lowest BCUT2D eigenvalue weighted by atomic mass is 9.93. The molecule has 12 nitrogen and oxygen atoms in total. The average molecular weight is 853 g/mol. The molecule has 62 heavy (non-hydrogen) atoms. The van der Waals surface area contributed by atoms with Crippen molar-refractivity contribution in [3.63, 3.8) is 0 Å². The van der Waals surface area contributed by atoms with Crippen molar-refractivity contribution in [2.75, 3.05) is 26.7 Å². The number of likely N-dealkylation sites (tertiary alicyclic amines) is 1. The number of aromatic amines is 2. The lowest BCUT2D eigenvalue weighted by Gasteiger charge is -2.34. The normalized spacial score (nSPS) is 15.6. The number of nitrogens with one attached hydrogen (secondary N) is 4. The summed E-state index contributed by atoms with van der Waals surface area (Å²) in [5.74, 6) is 1.22. The molecule has 6 aromatic rings. The van der Waals surface area contributed by atoms with Gasteiger partial charge in [0, 0.05) is 20.9 Å². The van der Waals surface area contributed by atoms with Gasteiger partial charge in [0.1, 0.15) is 23.7 Å². The molecule has 4 atom stereocenters. The molecule has 4 aromatic carbocycles. The minimum Gasteiger partial charge on any atom is -0.453 e. The molecule has 0 spiro atoms. The number of hydrogen-bond acceptors (Lipinski definition) is 7. The zero-order chi connectivity index (χ0) is 43.9. The number of likely N-dealkylation sites (N-methyl/N-ethyl adjacent to an activating group) is 1. The highest BCUT2D eigenvalue weighted by atomic mass is 28.3. The van der Waals surface area contributed by atoms with Gasteiger partial charge in [0.25, 0.3) is 0 Å². The number of benzene rings is 4. The van der Waals surface area contributed by atoms with Crippen molar-refractivity contribution in [3.05, 3.63) is 121 Å². The van der Waals surface area contributed by atoms with E-state index in [0.717, 1.165) is 87.8 Å². The Bertz CT molecular complexity index is 2460. The molecule has 1 unspecified atom stereocenters. The Hall–Kier alpha value is -6.05. The maximum atomic E-state index is 14.3. The number of carbonyl (C=O) groups excluding carboxylic acids is 3. The monoisotopic (exact) mass is 852 g/mol. The lowest BCUT2D eigenvalue weighted by Crippen LogP contribution is -2.50. The number of aromatic nitrogens is 4. The van der Waals surface area contributed by atoms with Crippen LogP contribution in [0.3, 0.4) is 0 Å². The lowest BCUT2D eigenvalue weighted by molar-refractivity contribution is -0.138. The van der Waals surface area contributed by atoms with E-state index in [4.69, 9.17) is 14.7 Å². The maximum absolute atomic E-state index is 14.3. The minimum absolute atomic E-state index is 0.109. The smallest absolute Gasteiger partial charge is 0.407 e. The Balaban J connectivity index is 1.10. The van der Waals surface area contributed by atoms with Gasteiger partial charge in [0.2, 0.25) is 11.8 Å². The second kappa shape index (κ2) is 19.8. The van der Waals surface area contributed by atoms with E-state index in [1.54, 1.807) is 0 Å². The Morgan fingerprint density at radius 3 is 2.13 bits per heavy atom. The standard InChI is InChI=1S/C49H60N8O4Si/c1-8-56(9-2)44(34-16-11-10-12-17-34)48(59)57-27-15-20-42(57)46-51-28-39(52-46)33-23-21-32(22-24-33)35-25-26-38(37-19-14-13-18-36(35)37)40-29-50-45(53-40)41(30-62(6)7)54-47(58)43(31(3)4)55-49(60)61-5/h10-14,16-19,21-26,28-29,31,41-44,62H,8-9,15,20,27,30H2,1-7H3,(H,50,53)(H,51,52)(H,54,58)(H,55,60)/t41?,42-,43-,44+/m0/s1. The first-order chi connectivity index (χ1) is 30.0. The summed E-state index contributed by atoms with van der Waals surface area (Å²) >= 11 is 0. The molecule has 13 heteroatoms. The number of ether oxygens (including phenoxy) is 1. The largest absolute Gasteiger partial charge is 0.453 e. The zero-order valence-electron chi connectivity index (χ0n) is 36.9. The van der Waals surface area contributed by atoms with Crippen LogP contribution in [0.1, 0.15) is 75.9 Å². The van der Waals surface area contributed by atoms with Gasteiger partial charge in [-0.25, -0.2) is 14.8 Å². The number of nitrogens with zero attached hydrogens (tertiary/aromatic N) is 4. The molecule has 0 aliphatic carbocycles. The first kappa shape index (κ1) is 44.0. The van der Waals surface area contributed by atoms with Gasteiger partial charge in [0.05, 0.1) is 43.0 Å². The van der Waals surface area contributed by atoms with Crippen LogP contribution in [0, 0.1) is 5.92 Å². The third-order valence-electron chi connectivity index (χ3n) is 12.1. The van der Waals surface area contributed by atoms with Crippen molar-refractivity contribution in [1.82, 2.24) is 40.4 Å². The number of imidazole rings is 2. The van der Waals surface area contributed by atoms with Crippen LogP contribution in [0.5, 0.6) is 0 Å². The Morgan fingerprint density at radius 1 is 0.823 bits per heavy atom. The van der Waals surface area contributed by atoms with E-state index in [-0.39, 0.29) is 35.9 Å². The molecule has 1 aliphatic heterocycles. The number of carbonyl (C=O) groups is 3. The van der Waals surface area contributed by atoms with E-state index < -0.39 is 20.9 Å². The molecular weight excluding hydrogens is 793 g/mol. The molecule has 7 rings (SSSR count). The summed E-state index contributed by atoms with van der Waals surface area (Å²) < 4.78 is 4.78. The Kier molecular flexibility index (Phi) is 14.0. The quantitative estimate of drug-likeness (QED) is 0.0711. The fraction of sp³-hybridized carbons (Fsp3) is 0.367. The predicted octanol–water partition coefficient (Wildman–Crippen LogP) is 9.06. The number of amides is 3. The third-order valence-corrected chi connectivity index (χ3v) is 13.5. The highest BCUT2D eigenvalue weighted by molar-refractivity contribution is 6.55. The van der Waals surface area contributed by atoms with E-state index in [1.165, 1.54) is 7.11 Å². The summed E-state index contributed by atoms with van der Waals surface area (Å²) in [6.07, 6.45) is 4.88. The van der Waals surface area contributed by atoms with Crippen molar-refractivity contribution in [2.45, 2.75) is 83.8 Å². The molecule has 1 saturated heterocycles. The van der Waals surface area contributed by atoms with Gasteiger partial charge in [-0.3, -0.25) is 14.5 Å². The molecule has 324 valence electrons. The minimum atomic E-state index is -1.16. The van der Waals surface area contributed by atoms with Gasteiger partial charge < -0.3 is 30.2 Å². The highest BCUT2D eigenvalue weighted by Crippen LogP contribution is 2.38. The van der Waals surface area contributed by atoms with Crippen LogP contribution >= 0.6 is 0 Å². The van der Waals surface area contributed by atoms with Gasteiger partial charge in [-0.15, -0.1) is 0 Å². The fourth-order valence-corrected chi connectivity index (χ4v) is 10.1. The summed E-state index contributed by atoms with van der Waals surface area (Å²) in [4.78, 5) is 60.9. The zero-order valence-corrected chi connectivity index (χ0v) is 38.1. The summed E-state index contributed by atoms with van der Waals surface area (Å²) in [6.45, 7) is 14.8. The van der Waals surface area contributed by atoms with Crippen molar-refractivity contribution in [2.24, 2.45) is 5.92 Å². The SMILES string of the molecule is CCN(CC)[C@@H](C(=O)N1CCC[C@H]1c1ncc(-c2ccc(-c3ccc(-c4cnc(C(C[SiH](C)C)NC(=O)[C@@H](NC(=O)OC)C(C)C)[nH]4)c4ccccc34)cc2)[nH]1)c1ccccc1. The summed E-state index contributed by atoms with van der Waals surface area (Å²) in [5.41, 5.74) is 7.02. The molecule has 3 heterocycles. The van der Waals surface area contributed by atoms with E-state index in [2.05, 4.69) is 119 Å². The van der Waals surface area contributed by atoms with Crippen LogP contribution in [0.25, 0.3) is 44.4 Å². The molecule has 0 radical (unpaired) electrons. The molecule has 2 aromatic heterocycles. The van der Waals surface area contributed by atoms with Crippen molar-refractivity contribution >= 4 is 37.5 Å². The van der Waals surface area contributed by atoms with Crippen molar-refractivity contribution in [3.8, 4) is 33.6 Å². The van der Waals surface area contributed by atoms with Gasteiger partial charge >= 0.3 is 6.09 Å². The Labute approximate surface area is 366 Å². The number of fused-ring (bicyclic) bond motifs is 1. The maximum Gasteiger partial charge on any atom is 0.407 e. The molecule has 1 aliphatic rings. The van der Waals surface area contributed by atoms with Crippen molar-refractivity contribution < 1.29 is 19.1 Å². The molecule has 1 fully saturated rings. The average Bonchev–Trinajstić information content (AvgIpc) is 4.09. The number of alkyl carbamates (subject to hydrolysis) is 1. The second-order valence-corrected chi connectivity index (χ2v) is 20.2.